The van der Waals surface area contributed by atoms with Gasteiger partial charge in [0.05, 0.1) is 16.8 Å². The predicted molar refractivity (Wildman–Crippen MR) is 134 cm³/mol. The third-order valence-corrected chi connectivity index (χ3v) is 8.75. The molecule has 1 aliphatic carbocycles. The van der Waals surface area contributed by atoms with Crippen LogP contribution in [0.1, 0.15) is 72.4 Å². The summed E-state index contributed by atoms with van der Waals surface area (Å²) in [6, 6.07) is 12.5. The highest BCUT2D eigenvalue weighted by Crippen LogP contribution is 2.37. The molecule has 1 saturated carbocycles. The summed E-state index contributed by atoms with van der Waals surface area (Å²) in [5, 5.41) is 3.32. The van der Waals surface area contributed by atoms with Crippen LogP contribution in [0.25, 0.3) is 10.2 Å². The summed E-state index contributed by atoms with van der Waals surface area (Å²) in [4.78, 5) is 30.8. The summed E-state index contributed by atoms with van der Waals surface area (Å²) < 4.78 is 3.21. The summed E-state index contributed by atoms with van der Waals surface area (Å²) in [6.45, 7) is 7.07. The minimum Gasteiger partial charge on any atom is -0.351 e. The fourth-order valence-electron chi connectivity index (χ4n) is 5.36. The number of nitrogens with one attached hydrogen (secondary N) is 1. The largest absolute Gasteiger partial charge is 0.351 e. The van der Waals surface area contributed by atoms with E-state index in [1.165, 1.54) is 11.3 Å². The molecule has 1 atom stereocenters. The second kappa shape index (κ2) is 8.64. The first-order valence-electron chi connectivity index (χ1n) is 12.2. The Balaban J connectivity index is 1.55. The minimum absolute atomic E-state index is 0.0326. The highest BCUT2D eigenvalue weighted by atomic mass is 32.1. The Hall–Kier alpha value is -2.60. The molecule has 0 bridgehead atoms. The van der Waals surface area contributed by atoms with Gasteiger partial charge in [-0.15, -0.1) is 11.3 Å². The lowest BCUT2D eigenvalue weighted by atomic mass is 9.90. The standard InChI is InChI=1S/C27H33N3O2S/c1-4-21-14-22-24(33-21)15-23-25(31)30(16-19-11-9-8-10-18(19)2)27(3,17-29(22)23)26(32)28-20-12-6-5-7-13-20/h8-11,14-15,20H,4-7,12-13,16-17H2,1-3H3,(H,28,32)/t27-/m1/s1. The van der Waals surface area contributed by atoms with Crippen LogP contribution in [-0.2, 0) is 24.3 Å². The number of carbonyl (C=O) groups excluding carboxylic acids is 2. The van der Waals surface area contributed by atoms with Gasteiger partial charge in [-0.3, -0.25) is 9.59 Å². The minimum atomic E-state index is -0.954. The third kappa shape index (κ3) is 3.88. The Labute approximate surface area is 199 Å². The number of fused-ring (bicyclic) bond motifs is 3. The van der Waals surface area contributed by atoms with Gasteiger partial charge in [-0.25, -0.2) is 0 Å². The second-order valence-electron chi connectivity index (χ2n) is 9.83. The van der Waals surface area contributed by atoms with E-state index < -0.39 is 5.54 Å². The Bertz CT molecular complexity index is 1200. The van der Waals surface area contributed by atoms with E-state index in [-0.39, 0.29) is 17.9 Å². The average molecular weight is 464 g/mol. The monoisotopic (exact) mass is 463 g/mol. The van der Waals surface area contributed by atoms with Gasteiger partial charge in [0.25, 0.3) is 5.91 Å². The van der Waals surface area contributed by atoms with Crippen molar-refractivity contribution in [3.63, 3.8) is 0 Å². The highest BCUT2D eigenvalue weighted by Gasteiger charge is 2.48. The molecule has 2 aromatic heterocycles. The van der Waals surface area contributed by atoms with E-state index in [1.807, 2.05) is 30.0 Å². The first-order chi connectivity index (χ1) is 15.9. The number of benzene rings is 1. The molecule has 1 aliphatic heterocycles. The van der Waals surface area contributed by atoms with Gasteiger partial charge in [0.2, 0.25) is 5.91 Å². The first-order valence-corrected chi connectivity index (χ1v) is 13.0. The van der Waals surface area contributed by atoms with Crippen molar-refractivity contribution >= 4 is 33.4 Å². The van der Waals surface area contributed by atoms with E-state index in [1.54, 1.807) is 11.3 Å². The number of nitrogens with zero attached hydrogens (tertiary/aromatic N) is 2. The van der Waals surface area contributed by atoms with Gasteiger partial charge in [0, 0.05) is 17.5 Å². The molecule has 1 fully saturated rings. The van der Waals surface area contributed by atoms with Gasteiger partial charge < -0.3 is 14.8 Å². The van der Waals surface area contributed by atoms with Crippen molar-refractivity contribution in [2.24, 2.45) is 0 Å². The Morgan fingerprint density at radius 1 is 1.18 bits per heavy atom. The fraction of sp³-hybridized carbons (Fsp3) is 0.481. The Morgan fingerprint density at radius 2 is 1.94 bits per heavy atom. The average Bonchev–Trinajstić information content (AvgIpc) is 3.37. The van der Waals surface area contributed by atoms with Crippen molar-refractivity contribution in [2.45, 2.75) is 84.0 Å². The summed E-state index contributed by atoms with van der Waals surface area (Å²) in [7, 11) is 0. The molecule has 0 radical (unpaired) electrons. The molecule has 0 saturated heterocycles. The maximum absolute atomic E-state index is 13.9. The van der Waals surface area contributed by atoms with Crippen LogP contribution >= 0.6 is 11.3 Å². The molecule has 5 rings (SSSR count). The zero-order valence-electron chi connectivity index (χ0n) is 19.8. The van der Waals surface area contributed by atoms with Gasteiger partial charge in [0.1, 0.15) is 11.2 Å². The quantitative estimate of drug-likeness (QED) is 0.548. The number of aryl methyl sites for hydroxylation is 2. The SMILES string of the molecule is CCc1cc2c(cc3n2C[C@](C)(C(=O)NC2CCCCC2)N(Cc2ccccc2C)C3=O)s1. The highest BCUT2D eigenvalue weighted by molar-refractivity contribution is 7.19. The predicted octanol–water partition coefficient (Wildman–Crippen LogP) is 5.44. The molecule has 5 nitrogen and oxygen atoms in total. The topological polar surface area (TPSA) is 54.3 Å². The van der Waals surface area contributed by atoms with Gasteiger partial charge in [0.15, 0.2) is 0 Å². The zero-order valence-corrected chi connectivity index (χ0v) is 20.6. The number of aromatic nitrogens is 1. The third-order valence-electron chi connectivity index (χ3n) is 7.53. The van der Waals surface area contributed by atoms with Gasteiger partial charge >= 0.3 is 0 Å². The number of hydrogen-bond donors (Lipinski definition) is 1. The molecule has 33 heavy (non-hydrogen) atoms. The van der Waals surface area contributed by atoms with E-state index in [0.29, 0.717) is 18.8 Å². The smallest absolute Gasteiger partial charge is 0.271 e. The molecule has 3 aromatic rings. The van der Waals surface area contributed by atoms with Gasteiger partial charge in [-0.1, -0.05) is 50.5 Å². The molecule has 1 N–H and O–H groups in total. The summed E-state index contributed by atoms with van der Waals surface area (Å²) in [6.07, 6.45) is 6.58. The van der Waals surface area contributed by atoms with Crippen LogP contribution in [0.5, 0.6) is 0 Å². The molecular formula is C27H33N3O2S. The lowest BCUT2D eigenvalue weighted by molar-refractivity contribution is -0.134. The number of amides is 2. The maximum Gasteiger partial charge on any atom is 0.271 e. The van der Waals surface area contributed by atoms with E-state index in [4.69, 9.17) is 0 Å². The van der Waals surface area contributed by atoms with Crippen LogP contribution in [0.4, 0.5) is 0 Å². The zero-order chi connectivity index (χ0) is 23.2. The molecule has 6 heteroatoms. The number of carbonyl (C=O) groups is 2. The van der Waals surface area contributed by atoms with Crippen molar-refractivity contribution in [3.8, 4) is 0 Å². The van der Waals surface area contributed by atoms with Crippen molar-refractivity contribution in [3.05, 3.63) is 58.1 Å². The molecular weight excluding hydrogens is 430 g/mol. The normalized spacial score (nSPS) is 21.4. The first kappa shape index (κ1) is 22.2. The summed E-state index contributed by atoms with van der Waals surface area (Å²) in [5.41, 5.74) is 3.03. The lowest BCUT2D eigenvalue weighted by Gasteiger charge is -2.45. The van der Waals surface area contributed by atoms with E-state index in [2.05, 4.69) is 41.9 Å². The van der Waals surface area contributed by atoms with Crippen molar-refractivity contribution in [2.75, 3.05) is 0 Å². The van der Waals surface area contributed by atoms with Crippen molar-refractivity contribution in [1.82, 2.24) is 14.8 Å². The molecule has 0 unspecified atom stereocenters. The molecule has 0 spiro atoms. The van der Waals surface area contributed by atoms with Crippen LogP contribution in [0.2, 0.25) is 0 Å². The van der Waals surface area contributed by atoms with Crippen molar-refractivity contribution < 1.29 is 9.59 Å². The molecule has 1 aromatic carbocycles. The molecule has 3 heterocycles. The van der Waals surface area contributed by atoms with Crippen LogP contribution in [-0.4, -0.2) is 32.9 Å². The van der Waals surface area contributed by atoms with Gasteiger partial charge in [-0.2, -0.15) is 0 Å². The molecule has 2 aliphatic rings. The van der Waals surface area contributed by atoms with Crippen LogP contribution < -0.4 is 5.32 Å². The summed E-state index contributed by atoms with van der Waals surface area (Å²) >= 11 is 1.75. The number of hydrogen-bond acceptors (Lipinski definition) is 3. The Kier molecular flexibility index (Phi) is 5.81. The summed E-state index contributed by atoms with van der Waals surface area (Å²) in [5.74, 6) is -0.0953. The van der Waals surface area contributed by atoms with Crippen LogP contribution in [0, 0.1) is 6.92 Å². The van der Waals surface area contributed by atoms with Crippen LogP contribution in [0.15, 0.2) is 36.4 Å². The second-order valence-corrected chi connectivity index (χ2v) is 11.0. The molecule has 2 amide bonds. The number of thiophene rings is 1. The molecule has 174 valence electrons. The fourth-order valence-corrected chi connectivity index (χ4v) is 6.40. The maximum atomic E-state index is 13.9. The van der Waals surface area contributed by atoms with Crippen LogP contribution in [0.3, 0.4) is 0 Å². The van der Waals surface area contributed by atoms with Crippen molar-refractivity contribution in [1.29, 1.82) is 0 Å². The Morgan fingerprint density at radius 3 is 2.67 bits per heavy atom. The van der Waals surface area contributed by atoms with E-state index in [0.717, 1.165) is 53.4 Å². The lowest BCUT2D eigenvalue weighted by Crippen LogP contribution is -2.64. The van der Waals surface area contributed by atoms with E-state index in [9.17, 15) is 9.59 Å². The van der Waals surface area contributed by atoms with E-state index >= 15 is 0 Å². The van der Waals surface area contributed by atoms with Gasteiger partial charge in [-0.05, 0) is 56.4 Å². The number of rotatable bonds is 5.